The van der Waals surface area contributed by atoms with Crippen molar-refractivity contribution in [3.05, 3.63) is 86.7 Å². The molecule has 4 aromatic rings. The molecule has 1 aromatic heterocycles. The third-order valence-electron chi connectivity index (χ3n) is 5.02. The van der Waals surface area contributed by atoms with Gasteiger partial charge in [-0.25, -0.2) is 4.79 Å². The number of benzene rings is 3. The van der Waals surface area contributed by atoms with Gasteiger partial charge in [-0.3, -0.25) is 4.79 Å². The molecule has 0 aliphatic heterocycles. The minimum Gasteiger partial charge on any atom is -0.496 e. The average Bonchev–Trinajstić information content (AvgIpc) is 2.79. The number of halogens is 1. The zero-order valence-electron chi connectivity index (χ0n) is 17.6. The monoisotopic (exact) mass is 494 g/mol. The SMILES string of the molecule is COc1cccc(OC)c1C(=O)Oc1ccc2c(=O)c(-c3ccc(Br)cc3)c(C)oc2c1. The maximum absolute atomic E-state index is 13.1. The molecule has 162 valence electrons. The zero-order valence-corrected chi connectivity index (χ0v) is 19.2. The van der Waals surface area contributed by atoms with Gasteiger partial charge in [0, 0.05) is 10.5 Å². The second kappa shape index (κ2) is 8.88. The van der Waals surface area contributed by atoms with Crippen LogP contribution in [0, 0.1) is 6.92 Å². The molecule has 0 fully saturated rings. The van der Waals surface area contributed by atoms with Crippen LogP contribution in [0.3, 0.4) is 0 Å². The number of hydrogen-bond acceptors (Lipinski definition) is 6. The standard InChI is InChI=1S/C25H19BrO6/c1-14-22(15-7-9-16(26)10-8-15)24(27)18-12-11-17(13-21(18)31-14)32-25(28)23-19(29-2)5-4-6-20(23)30-3/h4-13H,1-3H3. The first-order chi connectivity index (χ1) is 15.4. The normalized spacial score (nSPS) is 10.8. The fourth-order valence-electron chi connectivity index (χ4n) is 3.51. The van der Waals surface area contributed by atoms with Crippen LogP contribution in [0.15, 0.2) is 74.3 Å². The van der Waals surface area contributed by atoms with Crippen LogP contribution in [0.4, 0.5) is 0 Å². The van der Waals surface area contributed by atoms with E-state index < -0.39 is 5.97 Å². The summed E-state index contributed by atoms with van der Waals surface area (Å²) in [6.45, 7) is 1.73. The maximum atomic E-state index is 13.1. The van der Waals surface area contributed by atoms with Gasteiger partial charge in [0.15, 0.2) is 0 Å². The second-order valence-electron chi connectivity index (χ2n) is 6.95. The van der Waals surface area contributed by atoms with Crippen molar-refractivity contribution in [2.24, 2.45) is 0 Å². The number of esters is 1. The molecule has 0 unspecified atom stereocenters. The molecular weight excluding hydrogens is 476 g/mol. The number of rotatable bonds is 5. The number of methoxy groups -OCH3 is 2. The quantitative estimate of drug-likeness (QED) is 0.259. The highest BCUT2D eigenvalue weighted by Crippen LogP contribution is 2.31. The van der Waals surface area contributed by atoms with Gasteiger partial charge in [-0.05, 0) is 48.9 Å². The number of ether oxygens (including phenoxy) is 3. The first-order valence-corrected chi connectivity index (χ1v) is 10.5. The van der Waals surface area contributed by atoms with Crippen LogP contribution in [-0.2, 0) is 0 Å². The Hall–Kier alpha value is -3.58. The summed E-state index contributed by atoms with van der Waals surface area (Å²) >= 11 is 3.40. The van der Waals surface area contributed by atoms with E-state index >= 15 is 0 Å². The van der Waals surface area contributed by atoms with E-state index in [1.165, 1.54) is 20.3 Å². The lowest BCUT2D eigenvalue weighted by Gasteiger charge is -2.12. The van der Waals surface area contributed by atoms with E-state index in [1.54, 1.807) is 37.3 Å². The summed E-state index contributed by atoms with van der Waals surface area (Å²) in [5, 5.41) is 0.392. The smallest absolute Gasteiger partial charge is 0.351 e. The van der Waals surface area contributed by atoms with Gasteiger partial charge in [-0.15, -0.1) is 0 Å². The molecule has 0 aliphatic carbocycles. The van der Waals surface area contributed by atoms with Gasteiger partial charge in [0.2, 0.25) is 5.43 Å². The van der Waals surface area contributed by atoms with Crippen molar-refractivity contribution in [3.8, 4) is 28.4 Å². The van der Waals surface area contributed by atoms with Crippen molar-refractivity contribution < 1.29 is 23.4 Å². The van der Waals surface area contributed by atoms with Crippen LogP contribution in [-0.4, -0.2) is 20.2 Å². The van der Waals surface area contributed by atoms with Crippen molar-refractivity contribution in [3.63, 3.8) is 0 Å². The Bertz CT molecular complexity index is 1350. The van der Waals surface area contributed by atoms with Gasteiger partial charge in [-0.2, -0.15) is 0 Å². The minimum atomic E-state index is -0.649. The summed E-state index contributed by atoms with van der Waals surface area (Å²) in [5.41, 5.74) is 1.59. The molecule has 0 saturated carbocycles. The largest absolute Gasteiger partial charge is 0.496 e. The molecule has 0 aliphatic rings. The summed E-state index contributed by atoms with van der Waals surface area (Å²) in [6, 6.07) is 17.1. The number of hydrogen-bond donors (Lipinski definition) is 0. The Kier molecular flexibility index (Phi) is 6.01. The molecule has 0 atom stereocenters. The van der Waals surface area contributed by atoms with E-state index in [4.69, 9.17) is 18.6 Å². The third-order valence-corrected chi connectivity index (χ3v) is 5.54. The molecule has 0 N–H and O–H groups in total. The number of carbonyl (C=O) groups excluding carboxylic acids is 1. The molecule has 32 heavy (non-hydrogen) atoms. The minimum absolute atomic E-state index is 0.157. The lowest BCUT2D eigenvalue weighted by atomic mass is 10.0. The van der Waals surface area contributed by atoms with E-state index in [0.29, 0.717) is 33.8 Å². The van der Waals surface area contributed by atoms with Crippen molar-refractivity contribution in [2.45, 2.75) is 6.92 Å². The number of fused-ring (bicyclic) bond motifs is 1. The maximum Gasteiger partial charge on any atom is 0.351 e. The highest BCUT2D eigenvalue weighted by molar-refractivity contribution is 9.10. The van der Waals surface area contributed by atoms with Crippen molar-refractivity contribution in [2.75, 3.05) is 14.2 Å². The van der Waals surface area contributed by atoms with Crippen LogP contribution in [0.5, 0.6) is 17.2 Å². The van der Waals surface area contributed by atoms with Gasteiger partial charge < -0.3 is 18.6 Å². The van der Waals surface area contributed by atoms with E-state index in [2.05, 4.69) is 15.9 Å². The Morgan fingerprint density at radius 1 is 0.938 bits per heavy atom. The summed E-state index contributed by atoms with van der Waals surface area (Å²) in [7, 11) is 2.92. The molecule has 0 bridgehead atoms. The van der Waals surface area contributed by atoms with Gasteiger partial charge in [0.05, 0.1) is 25.2 Å². The first-order valence-electron chi connectivity index (χ1n) is 9.69. The molecule has 4 rings (SSSR count). The summed E-state index contributed by atoms with van der Waals surface area (Å²) in [4.78, 5) is 26.0. The van der Waals surface area contributed by atoms with Gasteiger partial charge in [0.25, 0.3) is 0 Å². The molecule has 7 heteroatoms. The molecule has 0 amide bonds. The second-order valence-corrected chi connectivity index (χ2v) is 7.87. The van der Waals surface area contributed by atoms with Gasteiger partial charge in [0.1, 0.15) is 34.2 Å². The lowest BCUT2D eigenvalue weighted by molar-refractivity contribution is 0.0727. The summed E-state index contributed by atoms with van der Waals surface area (Å²) < 4.78 is 22.9. The number of aryl methyl sites for hydroxylation is 1. The first kappa shape index (κ1) is 21.6. The fraction of sp³-hybridized carbons (Fsp3) is 0.120. The molecule has 6 nitrogen and oxygen atoms in total. The van der Waals surface area contributed by atoms with E-state index in [1.807, 2.05) is 24.3 Å². The van der Waals surface area contributed by atoms with Gasteiger partial charge >= 0.3 is 5.97 Å². The van der Waals surface area contributed by atoms with Crippen LogP contribution in [0.2, 0.25) is 0 Å². The van der Waals surface area contributed by atoms with Crippen LogP contribution in [0.25, 0.3) is 22.1 Å². The van der Waals surface area contributed by atoms with E-state index in [0.717, 1.165) is 10.0 Å². The van der Waals surface area contributed by atoms with Crippen LogP contribution in [0.1, 0.15) is 16.1 Å². The highest BCUT2D eigenvalue weighted by atomic mass is 79.9. The Morgan fingerprint density at radius 3 is 2.22 bits per heavy atom. The third kappa shape index (κ3) is 3.99. The van der Waals surface area contributed by atoms with E-state index in [9.17, 15) is 9.59 Å². The summed E-state index contributed by atoms with van der Waals surface area (Å²) in [5.74, 6) is 0.714. The van der Waals surface area contributed by atoms with Crippen molar-refractivity contribution in [1.29, 1.82) is 0 Å². The van der Waals surface area contributed by atoms with Crippen LogP contribution < -0.4 is 19.6 Å². The molecular formula is C25H19BrO6. The molecule has 0 spiro atoms. The Balaban J connectivity index is 1.73. The fourth-order valence-corrected chi connectivity index (χ4v) is 3.77. The number of carbonyl (C=O) groups is 1. The Labute approximate surface area is 192 Å². The lowest BCUT2D eigenvalue weighted by Crippen LogP contribution is -2.12. The predicted molar refractivity (Wildman–Crippen MR) is 125 cm³/mol. The topological polar surface area (TPSA) is 75.0 Å². The Morgan fingerprint density at radius 2 is 1.59 bits per heavy atom. The van der Waals surface area contributed by atoms with E-state index in [-0.39, 0.29) is 16.7 Å². The van der Waals surface area contributed by atoms with Crippen LogP contribution >= 0.6 is 15.9 Å². The molecule has 0 radical (unpaired) electrons. The average molecular weight is 495 g/mol. The van der Waals surface area contributed by atoms with Gasteiger partial charge in [-0.1, -0.05) is 34.1 Å². The van der Waals surface area contributed by atoms with Crippen molar-refractivity contribution >= 4 is 32.9 Å². The zero-order chi connectivity index (χ0) is 22.8. The molecule has 3 aromatic carbocycles. The summed E-state index contributed by atoms with van der Waals surface area (Å²) in [6.07, 6.45) is 0. The predicted octanol–water partition coefficient (Wildman–Crippen LogP) is 5.77. The van der Waals surface area contributed by atoms with Crippen molar-refractivity contribution in [1.82, 2.24) is 0 Å². The highest BCUT2D eigenvalue weighted by Gasteiger charge is 2.21. The molecule has 0 saturated heterocycles. The molecule has 1 heterocycles.